The van der Waals surface area contributed by atoms with Crippen LogP contribution in [0.2, 0.25) is 0 Å². The van der Waals surface area contributed by atoms with Gasteiger partial charge in [-0.15, -0.1) is 0 Å². The standard InChI is InChI=1S/C25H23N5O2/c31-23(28-22-9-1-2-10-26-22)16-18-5-3-7-20-17-27-25(29-24(18)20)19-6-4-8-21(15-19)30-11-13-32-14-12-30/h1-10,15,17H,11-14,16H2,(H,26,28,31). The number of rotatable bonds is 5. The highest BCUT2D eigenvalue weighted by molar-refractivity contribution is 5.94. The van der Waals surface area contributed by atoms with Crippen LogP contribution in [0.5, 0.6) is 0 Å². The van der Waals surface area contributed by atoms with E-state index in [1.165, 1.54) is 0 Å². The summed E-state index contributed by atoms with van der Waals surface area (Å²) in [4.78, 5) is 28.5. The molecule has 160 valence electrons. The molecule has 1 amide bonds. The zero-order chi connectivity index (χ0) is 21.8. The fourth-order valence-electron chi connectivity index (χ4n) is 3.86. The number of carbonyl (C=O) groups is 1. The predicted molar refractivity (Wildman–Crippen MR) is 125 cm³/mol. The molecule has 7 nitrogen and oxygen atoms in total. The number of nitrogens with one attached hydrogen (secondary N) is 1. The summed E-state index contributed by atoms with van der Waals surface area (Å²) in [7, 11) is 0. The van der Waals surface area contributed by atoms with Crippen LogP contribution in [0.3, 0.4) is 0 Å². The lowest BCUT2D eigenvalue weighted by Crippen LogP contribution is -2.36. The molecule has 7 heteroatoms. The Bertz CT molecular complexity index is 1240. The van der Waals surface area contributed by atoms with Gasteiger partial charge in [-0.2, -0.15) is 0 Å². The number of morpholine rings is 1. The molecular weight excluding hydrogens is 402 g/mol. The molecule has 1 fully saturated rings. The molecule has 5 rings (SSSR count). The number of anilines is 2. The number of benzene rings is 2. The molecule has 0 saturated carbocycles. The summed E-state index contributed by atoms with van der Waals surface area (Å²) in [6.45, 7) is 3.22. The van der Waals surface area contributed by atoms with Crippen molar-refractivity contribution in [1.29, 1.82) is 0 Å². The predicted octanol–water partition coefficient (Wildman–Crippen LogP) is 3.71. The van der Waals surface area contributed by atoms with Crippen molar-refractivity contribution in [3.63, 3.8) is 0 Å². The van der Waals surface area contributed by atoms with Gasteiger partial charge < -0.3 is 15.0 Å². The first-order chi connectivity index (χ1) is 15.8. The van der Waals surface area contributed by atoms with Gasteiger partial charge in [-0.25, -0.2) is 15.0 Å². The maximum Gasteiger partial charge on any atom is 0.230 e. The third-order valence-electron chi connectivity index (χ3n) is 5.46. The second kappa shape index (κ2) is 9.11. The molecule has 3 heterocycles. The normalized spacial score (nSPS) is 13.8. The van der Waals surface area contributed by atoms with E-state index in [1.807, 2.05) is 48.7 Å². The van der Waals surface area contributed by atoms with Crippen molar-refractivity contribution >= 4 is 28.3 Å². The Labute approximate surface area is 186 Å². The second-order valence-corrected chi connectivity index (χ2v) is 7.64. The number of amides is 1. The Morgan fingerprint density at radius 1 is 1.00 bits per heavy atom. The van der Waals surface area contributed by atoms with Crippen LogP contribution in [0.1, 0.15) is 5.56 Å². The first-order valence-corrected chi connectivity index (χ1v) is 10.6. The van der Waals surface area contributed by atoms with E-state index >= 15 is 0 Å². The third-order valence-corrected chi connectivity index (χ3v) is 5.46. The molecule has 1 aliphatic rings. The molecule has 0 aliphatic carbocycles. The summed E-state index contributed by atoms with van der Waals surface area (Å²) in [5.74, 6) is 1.05. The number of nitrogens with zero attached hydrogens (tertiary/aromatic N) is 4. The average molecular weight is 425 g/mol. The van der Waals surface area contributed by atoms with Crippen molar-refractivity contribution in [2.75, 3.05) is 36.5 Å². The van der Waals surface area contributed by atoms with Crippen LogP contribution < -0.4 is 10.2 Å². The van der Waals surface area contributed by atoms with E-state index in [1.54, 1.807) is 12.3 Å². The second-order valence-electron chi connectivity index (χ2n) is 7.64. The topological polar surface area (TPSA) is 80.2 Å². The van der Waals surface area contributed by atoms with Crippen LogP contribution in [0.25, 0.3) is 22.3 Å². The molecule has 0 bridgehead atoms. The van der Waals surface area contributed by atoms with Crippen LogP contribution in [0.4, 0.5) is 11.5 Å². The Morgan fingerprint density at radius 3 is 2.72 bits per heavy atom. The third kappa shape index (κ3) is 4.43. The van der Waals surface area contributed by atoms with Crippen LogP contribution in [0, 0.1) is 0 Å². The monoisotopic (exact) mass is 425 g/mol. The van der Waals surface area contributed by atoms with Gasteiger partial charge in [0.25, 0.3) is 0 Å². The number of carbonyl (C=O) groups excluding carboxylic acids is 1. The number of hydrogen-bond donors (Lipinski definition) is 1. The maximum atomic E-state index is 12.6. The zero-order valence-corrected chi connectivity index (χ0v) is 17.6. The van der Waals surface area contributed by atoms with Gasteiger partial charge in [-0.3, -0.25) is 4.79 Å². The Balaban J connectivity index is 1.43. The largest absolute Gasteiger partial charge is 0.378 e. The summed E-state index contributed by atoms with van der Waals surface area (Å²) in [5.41, 5.74) is 3.72. The number of aromatic nitrogens is 3. The van der Waals surface area contributed by atoms with Gasteiger partial charge in [0, 0.05) is 42.1 Å². The fraction of sp³-hybridized carbons (Fsp3) is 0.200. The first-order valence-electron chi connectivity index (χ1n) is 10.6. The van der Waals surface area contributed by atoms with Crippen molar-refractivity contribution in [2.24, 2.45) is 0 Å². The molecule has 2 aromatic carbocycles. The van der Waals surface area contributed by atoms with Crippen molar-refractivity contribution in [2.45, 2.75) is 6.42 Å². The lowest BCUT2D eigenvalue weighted by molar-refractivity contribution is -0.115. The van der Waals surface area contributed by atoms with Gasteiger partial charge in [0.05, 0.1) is 25.2 Å². The lowest BCUT2D eigenvalue weighted by Gasteiger charge is -2.29. The smallest absolute Gasteiger partial charge is 0.230 e. The Kier molecular flexibility index (Phi) is 5.72. The summed E-state index contributed by atoms with van der Waals surface area (Å²) < 4.78 is 5.46. The lowest BCUT2D eigenvalue weighted by atomic mass is 10.1. The van der Waals surface area contributed by atoms with E-state index < -0.39 is 0 Å². The number of fused-ring (bicyclic) bond motifs is 1. The molecule has 4 aromatic rings. The number of ether oxygens (including phenoxy) is 1. The van der Waals surface area contributed by atoms with Gasteiger partial charge in [-0.05, 0) is 29.8 Å². The van der Waals surface area contributed by atoms with Crippen LogP contribution >= 0.6 is 0 Å². The SMILES string of the molecule is O=C(Cc1cccc2cnc(-c3cccc(N4CCOCC4)c3)nc12)Nc1ccccn1. The molecule has 0 atom stereocenters. The minimum atomic E-state index is -0.134. The van der Waals surface area contributed by atoms with Crippen molar-refractivity contribution in [3.8, 4) is 11.4 Å². The maximum absolute atomic E-state index is 12.6. The van der Waals surface area contributed by atoms with E-state index in [2.05, 4.69) is 32.3 Å². The molecule has 1 N–H and O–H groups in total. The molecule has 1 saturated heterocycles. The highest BCUT2D eigenvalue weighted by Crippen LogP contribution is 2.25. The average Bonchev–Trinajstić information content (AvgIpc) is 2.85. The van der Waals surface area contributed by atoms with Crippen LogP contribution in [0.15, 0.2) is 73.1 Å². The summed E-state index contributed by atoms with van der Waals surface area (Å²) in [5, 5.41) is 3.74. The zero-order valence-electron chi connectivity index (χ0n) is 17.6. The first kappa shape index (κ1) is 20.1. The molecule has 1 aliphatic heterocycles. The summed E-state index contributed by atoms with van der Waals surface area (Å²) in [6.07, 6.45) is 3.68. The van der Waals surface area contributed by atoms with E-state index in [9.17, 15) is 4.79 Å². The van der Waals surface area contributed by atoms with Gasteiger partial charge in [0.15, 0.2) is 5.82 Å². The molecular formula is C25H23N5O2. The Hall–Kier alpha value is -3.84. The van der Waals surface area contributed by atoms with Crippen molar-refractivity contribution < 1.29 is 9.53 Å². The highest BCUT2D eigenvalue weighted by Gasteiger charge is 2.14. The van der Waals surface area contributed by atoms with E-state index in [0.29, 0.717) is 11.6 Å². The van der Waals surface area contributed by atoms with Crippen LogP contribution in [-0.4, -0.2) is 47.2 Å². The number of hydrogen-bond acceptors (Lipinski definition) is 6. The van der Waals surface area contributed by atoms with Crippen LogP contribution in [-0.2, 0) is 16.0 Å². The molecule has 0 radical (unpaired) electrons. The Morgan fingerprint density at radius 2 is 1.88 bits per heavy atom. The van der Waals surface area contributed by atoms with E-state index in [0.717, 1.165) is 54.0 Å². The molecule has 0 unspecified atom stereocenters. The quantitative estimate of drug-likeness (QED) is 0.525. The highest BCUT2D eigenvalue weighted by atomic mass is 16.5. The summed E-state index contributed by atoms with van der Waals surface area (Å²) >= 11 is 0. The van der Waals surface area contributed by atoms with Crippen molar-refractivity contribution in [3.05, 3.63) is 78.6 Å². The minimum absolute atomic E-state index is 0.134. The van der Waals surface area contributed by atoms with Gasteiger partial charge >= 0.3 is 0 Å². The number of pyridine rings is 1. The number of para-hydroxylation sites is 1. The molecule has 0 spiro atoms. The fourth-order valence-corrected chi connectivity index (χ4v) is 3.86. The van der Waals surface area contributed by atoms with Gasteiger partial charge in [0.1, 0.15) is 5.82 Å². The van der Waals surface area contributed by atoms with E-state index in [-0.39, 0.29) is 12.3 Å². The summed E-state index contributed by atoms with van der Waals surface area (Å²) in [6, 6.07) is 19.5. The molecule has 2 aromatic heterocycles. The van der Waals surface area contributed by atoms with E-state index in [4.69, 9.17) is 9.72 Å². The van der Waals surface area contributed by atoms with Gasteiger partial charge in [0.2, 0.25) is 5.91 Å². The van der Waals surface area contributed by atoms with Gasteiger partial charge in [-0.1, -0.05) is 36.4 Å². The minimum Gasteiger partial charge on any atom is -0.378 e. The van der Waals surface area contributed by atoms with Crippen molar-refractivity contribution in [1.82, 2.24) is 15.0 Å². The molecule has 32 heavy (non-hydrogen) atoms.